The molecule has 0 saturated carbocycles. The smallest absolute Gasteiger partial charge is 0.328 e. The molecule has 0 heterocycles. The van der Waals surface area contributed by atoms with Crippen molar-refractivity contribution in [3.8, 4) is 0 Å². The second kappa shape index (κ2) is 12.6. The number of benzene rings is 1. The van der Waals surface area contributed by atoms with Gasteiger partial charge in [0, 0.05) is 0 Å². The summed E-state index contributed by atoms with van der Waals surface area (Å²) < 4.78 is 0. The molecule has 0 aliphatic heterocycles. The molecule has 172 valence electrons. The topological polar surface area (TPSA) is 211 Å². The SMILES string of the molecule is CC(O)C(NC(=O)C(N)Cc1ccccc1)C(=O)NC(CO)C(=O)NC(CO)C(=O)O. The molecule has 1 aromatic carbocycles. The van der Waals surface area contributed by atoms with Crippen LogP contribution < -0.4 is 21.7 Å². The molecule has 9 N–H and O–H groups in total. The largest absolute Gasteiger partial charge is 0.480 e. The molecule has 0 saturated heterocycles. The minimum Gasteiger partial charge on any atom is -0.480 e. The van der Waals surface area contributed by atoms with E-state index in [1.54, 1.807) is 30.3 Å². The Hall–Kier alpha value is -3.06. The van der Waals surface area contributed by atoms with Gasteiger partial charge in [-0.2, -0.15) is 0 Å². The second-order valence-electron chi connectivity index (χ2n) is 6.85. The molecule has 1 aromatic rings. The van der Waals surface area contributed by atoms with Crippen LogP contribution in [0.2, 0.25) is 0 Å². The van der Waals surface area contributed by atoms with Crippen molar-refractivity contribution in [2.75, 3.05) is 13.2 Å². The summed E-state index contributed by atoms with van der Waals surface area (Å²) in [5, 5.41) is 43.4. The van der Waals surface area contributed by atoms with Gasteiger partial charge in [0.1, 0.15) is 18.1 Å². The maximum Gasteiger partial charge on any atom is 0.328 e. The van der Waals surface area contributed by atoms with Gasteiger partial charge in [0.05, 0.1) is 25.4 Å². The molecular formula is C19H28N4O8. The molecule has 31 heavy (non-hydrogen) atoms. The second-order valence-corrected chi connectivity index (χ2v) is 6.85. The molecule has 3 amide bonds. The first-order valence-corrected chi connectivity index (χ1v) is 9.43. The number of carbonyl (C=O) groups is 4. The standard InChI is InChI=1S/C19H28N4O8/c1-10(26)15(23-16(27)12(20)7-11-5-3-2-4-6-11)18(29)21-13(8-24)17(28)22-14(9-25)19(30)31/h2-6,10,12-15,24-26H,7-9,20H2,1H3,(H,21,29)(H,22,28)(H,23,27)(H,30,31). The van der Waals surface area contributed by atoms with E-state index in [0.717, 1.165) is 5.56 Å². The highest BCUT2D eigenvalue weighted by atomic mass is 16.4. The minimum atomic E-state index is -1.64. The number of nitrogens with one attached hydrogen (secondary N) is 3. The summed E-state index contributed by atoms with van der Waals surface area (Å²) in [5.74, 6) is -4.31. The number of rotatable bonds is 12. The first kappa shape index (κ1) is 26.0. The highest BCUT2D eigenvalue weighted by Crippen LogP contribution is 2.03. The van der Waals surface area contributed by atoms with Crippen LogP contribution >= 0.6 is 0 Å². The lowest BCUT2D eigenvalue weighted by Crippen LogP contribution is -2.60. The summed E-state index contributed by atoms with van der Waals surface area (Å²) >= 11 is 0. The van der Waals surface area contributed by atoms with Crippen molar-refractivity contribution in [3.05, 3.63) is 35.9 Å². The third-order valence-electron chi connectivity index (χ3n) is 4.31. The summed E-state index contributed by atoms with van der Waals surface area (Å²) in [4.78, 5) is 47.8. The number of carboxylic acid groups (broad SMARTS) is 1. The van der Waals surface area contributed by atoms with E-state index in [-0.39, 0.29) is 6.42 Å². The number of carboxylic acids is 1. The van der Waals surface area contributed by atoms with Crippen LogP contribution in [0.25, 0.3) is 0 Å². The quantitative estimate of drug-likeness (QED) is 0.161. The van der Waals surface area contributed by atoms with Crippen LogP contribution in [-0.4, -0.2) is 87.6 Å². The molecule has 0 bridgehead atoms. The summed E-state index contributed by atoms with van der Waals surface area (Å²) in [6.45, 7) is -0.574. The van der Waals surface area contributed by atoms with Crippen LogP contribution in [0.4, 0.5) is 0 Å². The van der Waals surface area contributed by atoms with Crippen LogP contribution in [0.5, 0.6) is 0 Å². The average Bonchev–Trinajstić information content (AvgIpc) is 2.73. The van der Waals surface area contributed by atoms with Gasteiger partial charge >= 0.3 is 5.97 Å². The van der Waals surface area contributed by atoms with Gasteiger partial charge in [0.15, 0.2) is 0 Å². The monoisotopic (exact) mass is 440 g/mol. The van der Waals surface area contributed by atoms with E-state index in [1.165, 1.54) is 6.92 Å². The van der Waals surface area contributed by atoms with Gasteiger partial charge in [0.2, 0.25) is 17.7 Å². The molecule has 0 radical (unpaired) electrons. The fourth-order valence-corrected chi connectivity index (χ4v) is 2.54. The highest BCUT2D eigenvalue weighted by Gasteiger charge is 2.32. The molecule has 0 aliphatic rings. The van der Waals surface area contributed by atoms with Crippen LogP contribution in [-0.2, 0) is 25.6 Å². The lowest BCUT2D eigenvalue weighted by Gasteiger charge is -2.25. The van der Waals surface area contributed by atoms with Gasteiger partial charge in [0.25, 0.3) is 0 Å². The molecule has 0 aromatic heterocycles. The number of nitrogens with two attached hydrogens (primary N) is 1. The summed E-state index contributed by atoms with van der Waals surface area (Å²) in [6.07, 6.45) is -1.19. The zero-order valence-electron chi connectivity index (χ0n) is 16.9. The lowest BCUT2D eigenvalue weighted by molar-refractivity contribution is -0.143. The Morgan fingerprint density at radius 2 is 1.45 bits per heavy atom. The summed E-state index contributed by atoms with van der Waals surface area (Å²) in [6, 6.07) is 3.16. The van der Waals surface area contributed by atoms with Gasteiger partial charge in [-0.1, -0.05) is 30.3 Å². The zero-order valence-corrected chi connectivity index (χ0v) is 16.9. The molecule has 5 atom stereocenters. The van der Waals surface area contributed by atoms with Crippen LogP contribution in [0.3, 0.4) is 0 Å². The Morgan fingerprint density at radius 3 is 1.94 bits per heavy atom. The van der Waals surface area contributed by atoms with Gasteiger partial charge < -0.3 is 42.1 Å². The van der Waals surface area contributed by atoms with Crippen LogP contribution in [0.1, 0.15) is 12.5 Å². The Kier molecular flexibility index (Phi) is 10.6. The fraction of sp³-hybridized carbons (Fsp3) is 0.474. The molecule has 0 aliphatic carbocycles. The maximum absolute atomic E-state index is 12.5. The predicted octanol–water partition coefficient (Wildman–Crippen LogP) is -3.54. The van der Waals surface area contributed by atoms with E-state index >= 15 is 0 Å². The van der Waals surface area contributed by atoms with Crippen molar-refractivity contribution in [1.82, 2.24) is 16.0 Å². The molecule has 5 unspecified atom stereocenters. The Morgan fingerprint density at radius 1 is 0.903 bits per heavy atom. The number of hydrogen-bond donors (Lipinski definition) is 8. The van der Waals surface area contributed by atoms with E-state index in [9.17, 15) is 29.4 Å². The first-order valence-electron chi connectivity index (χ1n) is 9.43. The molecule has 12 heteroatoms. The zero-order chi connectivity index (χ0) is 23.6. The minimum absolute atomic E-state index is 0.181. The summed E-state index contributed by atoms with van der Waals surface area (Å²) in [7, 11) is 0. The molecule has 0 fully saturated rings. The van der Waals surface area contributed by atoms with Crippen molar-refractivity contribution < 1.29 is 39.6 Å². The maximum atomic E-state index is 12.5. The lowest BCUT2D eigenvalue weighted by atomic mass is 10.0. The number of carbonyl (C=O) groups excluding carboxylic acids is 3. The molecular weight excluding hydrogens is 412 g/mol. The normalized spacial score (nSPS) is 15.6. The number of amides is 3. The van der Waals surface area contributed by atoms with Crippen molar-refractivity contribution >= 4 is 23.7 Å². The van der Waals surface area contributed by atoms with Crippen molar-refractivity contribution in [3.63, 3.8) is 0 Å². The molecule has 1 rings (SSSR count). The number of aliphatic hydroxyl groups is 3. The summed E-state index contributed by atoms with van der Waals surface area (Å²) in [5.41, 5.74) is 6.65. The van der Waals surface area contributed by atoms with Crippen molar-refractivity contribution in [1.29, 1.82) is 0 Å². The number of hydrogen-bond acceptors (Lipinski definition) is 8. The van der Waals surface area contributed by atoms with Crippen LogP contribution in [0, 0.1) is 0 Å². The van der Waals surface area contributed by atoms with Crippen molar-refractivity contribution in [2.45, 2.75) is 43.6 Å². The molecule has 12 nitrogen and oxygen atoms in total. The first-order chi connectivity index (χ1) is 14.6. The Balaban J connectivity index is 2.77. The fourth-order valence-electron chi connectivity index (χ4n) is 2.54. The van der Waals surface area contributed by atoms with E-state index in [2.05, 4.69) is 10.6 Å². The molecule has 0 spiro atoms. The average molecular weight is 440 g/mol. The Labute approximate surface area is 178 Å². The van der Waals surface area contributed by atoms with E-state index in [1.807, 2.05) is 5.32 Å². The van der Waals surface area contributed by atoms with E-state index < -0.39 is 67.2 Å². The number of aliphatic carboxylic acids is 1. The van der Waals surface area contributed by atoms with Gasteiger partial charge in [-0.3, -0.25) is 14.4 Å². The van der Waals surface area contributed by atoms with E-state index in [4.69, 9.17) is 15.9 Å². The van der Waals surface area contributed by atoms with E-state index in [0.29, 0.717) is 0 Å². The van der Waals surface area contributed by atoms with Crippen LogP contribution in [0.15, 0.2) is 30.3 Å². The number of aliphatic hydroxyl groups excluding tert-OH is 3. The van der Waals surface area contributed by atoms with Gasteiger partial charge in [-0.05, 0) is 18.9 Å². The predicted molar refractivity (Wildman–Crippen MR) is 107 cm³/mol. The third-order valence-corrected chi connectivity index (χ3v) is 4.31. The van der Waals surface area contributed by atoms with Gasteiger partial charge in [-0.25, -0.2) is 4.79 Å². The van der Waals surface area contributed by atoms with Crippen molar-refractivity contribution in [2.24, 2.45) is 5.73 Å². The highest BCUT2D eigenvalue weighted by molar-refractivity contribution is 5.94. The van der Waals surface area contributed by atoms with Gasteiger partial charge in [-0.15, -0.1) is 0 Å². The third kappa shape index (κ3) is 8.30. The Bertz CT molecular complexity index is 759.